The highest BCUT2D eigenvalue weighted by Gasteiger charge is 2.42. The fourth-order valence-corrected chi connectivity index (χ4v) is 6.26. The van der Waals surface area contributed by atoms with E-state index in [1.165, 1.54) is 0 Å². The van der Waals surface area contributed by atoms with Gasteiger partial charge in [0.2, 0.25) is 5.91 Å². The van der Waals surface area contributed by atoms with Gasteiger partial charge in [0.05, 0.1) is 12.0 Å². The van der Waals surface area contributed by atoms with Crippen LogP contribution in [0.5, 0.6) is 0 Å². The van der Waals surface area contributed by atoms with Crippen molar-refractivity contribution in [2.24, 2.45) is 0 Å². The fraction of sp³-hybridized carbons (Fsp3) is 0.355. The standard InChI is InChI=1S/C31H30F3N3O2/c1-2-3-9-25-26(36-16-20(17-36)37-15-19-8-4-5-10-21(19)30(37)39)14-13-24-22-11-6-7-12-23(22)28(27(24)25)29(38)35-18-31(32,33)34/h4-8,10-14,20,28H,2-3,9,15-18H2,1H3,(H,35,38). The van der Waals surface area contributed by atoms with Gasteiger partial charge in [0, 0.05) is 30.9 Å². The third kappa shape index (κ3) is 4.45. The number of rotatable bonds is 7. The smallest absolute Gasteiger partial charge is 0.367 e. The van der Waals surface area contributed by atoms with Crippen LogP contribution in [0, 0.1) is 0 Å². The number of unbranched alkanes of at least 4 members (excludes halogenated alkanes) is 1. The van der Waals surface area contributed by atoms with E-state index in [-0.39, 0.29) is 11.9 Å². The van der Waals surface area contributed by atoms with Gasteiger partial charge in [-0.25, -0.2) is 0 Å². The van der Waals surface area contributed by atoms with E-state index >= 15 is 0 Å². The van der Waals surface area contributed by atoms with E-state index in [9.17, 15) is 22.8 Å². The molecule has 0 radical (unpaired) electrons. The van der Waals surface area contributed by atoms with Crippen LogP contribution in [0.2, 0.25) is 0 Å². The third-order valence-corrected chi connectivity index (χ3v) is 8.18. The van der Waals surface area contributed by atoms with Crippen LogP contribution in [0.25, 0.3) is 11.1 Å². The van der Waals surface area contributed by atoms with E-state index in [0.717, 1.165) is 63.9 Å². The van der Waals surface area contributed by atoms with Crippen LogP contribution >= 0.6 is 0 Å². The number of hydrogen-bond acceptors (Lipinski definition) is 3. The summed E-state index contributed by atoms with van der Waals surface area (Å²) in [5, 5.41) is 2.14. The molecule has 0 saturated carbocycles. The van der Waals surface area contributed by atoms with Gasteiger partial charge < -0.3 is 15.1 Å². The van der Waals surface area contributed by atoms with Crippen molar-refractivity contribution in [1.82, 2.24) is 10.2 Å². The fourth-order valence-electron chi connectivity index (χ4n) is 6.26. The Balaban J connectivity index is 1.32. The first-order chi connectivity index (χ1) is 18.8. The van der Waals surface area contributed by atoms with Crippen LogP contribution in [-0.2, 0) is 17.8 Å². The van der Waals surface area contributed by atoms with Gasteiger partial charge in [0.1, 0.15) is 6.54 Å². The molecule has 1 unspecified atom stereocenters. The Kier molecular flexibility index (Phi) is 6.36. The Bertz CT molecular complexity index is 1450. The zero-order valence-electron chi connectivity index (χ0n) is 21.7. The molecule has 1 saturated heterocycles. The minimum atomic E-state index is -4.48. The number of fused-ring (bicyclic) bond motifs is 4. The Morgan fingerprint density at radius 2 is 1.69 bits per heavy atom. The first-order valence-electron chi connectivity index (χ1n) is 13.5. The third-order valence-electron chi connectivity index (χ3n) is 8.18. The Morgan fingerprint density at radius 3 is 2.41 bits per heavy atom. The molecule has 39 heavy (non-hydrogen) atoms. The minimum absolute atomic E-state index is 0.0623. The van der Waals surface area contributed by atoms with Gasteiger partial charge >= 0.3 is 6.18 Å². The molecule has 2 heterocycles. The number of halogens is 3. The molecule has 1 fully saturated rings. The molecule has 8 heteroatoms. The van der Waals surface area contributed by atoms with E-state index in [2.05, 4.69) is 23.2 Å². The molecule has 3 aromatic rings. The van der Waals surface area contributed by atoms with Crippen molar-refractivity contribution in [3.8, 4) is 11.1 Å². The van der Waals surface area contributed by atoms with E-state index in [1.54, 1.807) is 0 Å². The average Bonchev–Trinajstić information content (AvgIpc) is 3.40. The average molecular weight is 534 g/mol. The Morgan fingerprint density at radius 1 is 0.974 bits per heavy atom. The van der Waals surface area contributed by atoms with Crippen LogP contribution < -0.4 is 10.2 Å². The molecule has 6 rings (SSSR count). The number of anilines is 1. The summed E-state index contributed by atoms with van der Waals surface area (Å²) in [4.78, 5) is 30.5. The molecule has 202 valence electrons. The van der Waals surface area contributed by atoms with Crippen molar-refractivity contribution < 1.29 is 22.8 Å². The molecule has 2 aliphatic heterocycles. The van der Waals surface area contributed by atoms with Gasteiger partial charge in [-0.05, 0) is 58.4 Å². The molecule has 2 amide bonds. The van der Waals surface area contributed by atoms with E-state index in [0.29, 0.717) is 19.6 Å². The van der Waals surface area contributed by atoms with Crippen LogP contribution in [0.1, 0.15) is 58.3 Å². The summed E-state index contributed by atoms with van der Waals surface area (Å²) in [5.41, 5.74) is 7.20. The van der Waals surface area contributed by atoms with Crippen molar-refractivity contribution in [1.29, 1.82) is 0 Å². The van der Waals surface area contributed by atoms with Crippen LogP contribution in [0.3, 0.4) is 0 Å². The van der Waals surface area contributed by atoms with Gasteiger partial charge in [-0.1, -0.05) is 61.9 Å². The molecule has 1 aliphatic carbocycles. The van der Waals surface area contributed by atoms with Gasteiger partial charge in [-0.15, -0.1) is 0 Å². The van der Waals surface area contributed by atoms with Gasteiger partial charge in [-0.2, -0.15) is 13.2 Å². The lowest BCUT2D eigenvalue weighted by molar-refractivity contribution is -0.138. The van der Waals surface area contributed by atoms with E-state index in [1.807, 2.05) is 59.5 Å². The summed E-state index contributed by atoms with van der Waals surface area (Å²) in [5.74, 6) is -1.36. The zero-order chi connectivity index (χ0) is 27.3. The van der Waals surface area contributed by atoms with E-state index < -0.39 is 24.5 Å². The van der Waals surface area contributed by atoms with Gasteiger partial charge in [0.25, 0.3) is 5.91 Å². The van der Waals surface area contributed by atoms with Crippen LogP contribution in [-0.4, -0.2) is 48.6 Å². The van der Waals surface area contributed by atoms with Crippen LogP contribution in [0.15, 0.2) is 60.7 Å². The number of carbonyl (C=O) groups is 2. The first-order valence-corrected chi connectivity index (χ1v) is 13.5. The molecular weight excluding hydrogens is 503 g/mol. The predicted octanol–water partition coefficient (Wildman–Crippen LogP) is 5.66. The van der Waals surface area contributed by atoms with Crippen LogP contribution in [0.4, 0.5) is 18.9 Å². The molecule has 0 aromatic heterocycles. The SMILES string of the molecule is CCCCc1c(N2CC(N3Cc4ccccc4C3=O)C2)ccc2c1C(C(=O)NCC(F)(F)F)c1ccccc1-2. The number of benzene rings is 3. The van der Waals surface area contributed by atoms with Gasteiger partial charge in [0.15, 0.2) is 0 Å². The Hall–Kier alpha value is -3.81. The maximum atomic E-state index is 13.3. The maximum absolute atomic E-state index is 13.3. The highest BCUT2D eigenvalue weighted by Crippen LogP contribution is 2.49. The summed E-state index contributed by atoms with van der Waals surface area (Å²) in [7, 11) is 0. The van der Waals surface area contributed by atoms with Crippen molar-refractivity contribution in [3.05, 3.63) is 88.5 Å². The second kappa shape index (κ2) is 9.74. The summed E-state index contributed by atoms with van der Waals surface area (Å²) < 4.78 is 39.0. The summed E-state index contributed by atoms with van der Waals surface area (Å²) in [6, 6.07) is 19.4. The molecule has 0 bridgehead atoms. The number of carbonyl (C=O) groups excluding carboxylic acids is 2. The maximum Gasteiger partial charge on any atom is 0.405 e. The topological polar surface area (TPSA) is 52.7 Å². The lowest BCUT2D eigenvalue weighted by Gasteiger charge is -2.46. The molecule has 1 N–H and O–H groups in total. The minimum Gasteiger partial charge on any atom is -0.367 e. The number of amides is 2. The second-order valence-corrected chi connectivity index (χ2v) is 10.6. The number of alkyl halides is 3. The predicted molar refractivity (Wildman–Crippen MR) is 144 cm³/mol. The number of nitrogens with zero attached hydrogens (tertiary/aromatic N) is 2. The first kappa shape index (κ1) is 25.5. The quantitative estimate of drug-likeness (QED) is 0.426. The molecule has 3 aliphatic rings. The highest BCUT2D eigenvalue weighted by atomic mass is 19.4. The lowest BCUT2D eigenvalue weighted by Crippen LogP contribution is -2.59. The van der Waals surface area contributed by atoms with Gasteiger partial charge in [-0.3, -0.25) is 9.59 Å². The lowest BCUT2D eigenvalue weighted by atomic mass is 9.87. The number of hydrogen-bond donors (Lipinski definition) is 1. The Labute approximate surface area is 225 Å². The number of nitrogens with one attached hydrogen (secondary N) is 1. The van der Waals surface area contributed by atoms with Crippen molar-refractivity contribution in [2.75, 3.05) is 24.5 Å². The second-order valence-electron chi connectivity index (χ2n) is 10.6. The monoisotopic (exact) mass is 533 g/mol. The zero-order valence-corrected chi connectivity index (χ0v) is 21.7. The van der Waals surface area contributed by atoms with E-state index in [4.69, 9.17) is 0 Å². The molecule has 0 spiro atoms. The summed E-state index contributed by atoms with van der Waals surface area (Å²) in [6.07, 6.45) is -1.91. The molecule has 5 nitrogen and oxygen atoms in total. The van der Waals surface area contributed by atoms with Crippen molar-refractivity contribution >= 4 is 17.5 Å². The van der Waals surface area contributed by atoms with Crippen molar-refractivity contribution in [2.45, 2.75) is 50.9 Å². The molecule has 3 aromatic carbocycles. The summed E-state index contributed by atoms with van der Waals surface area (Å²) >= 11 is 0. The largest absolute Gasteiger partial charge is 0.405 e. The molecule has 1 atom stereocenters. The molecular formula is C31H30F3N3O2. The van der Waals surface area contributed by atoms with Crippen molar-refractivity contribution in [3.63, 3.8) is 0 Å². The normalized spacial score (nSPS) is 18.1. The highest BCUT2D eigenvalue weighted by molar-refractivity contribution is 5.99. The summed E-state index contributed by atoms with van der Waals surface area (Å²) in [6.45, 7) is 2.70.